The van der Waals surface area contributed by atoms with E-state index in [2.05, 4.69) is 4.74 Å². The molecule has 0 aromatic carbocycles. The third-order valence-corrected chi connectivity index (χ3v) is 1.18. The van der Waals surface area contributed by atoms with Crippen LogP contribution in [0.2, 0.25) is 0 Å². The Labute approximate surface area is 61.0 Å². The Hall–Kier alpha value is -0.570. The van der Waals surface area contributed by atoms with E-state index in [1.54, 1.807) is 6.92 Å². The van der Waals surface area contributed by atoms with Crippen LogP contribution in [0.5, 0.6) is 0 Å². The third-order valence-electron chi connectivity index (χ3n) is 1.18. The molecule has 0 rings (SSSR count). The molecular weight excluding hydrogens is 132 g/mol. The van der Waals surface area contributed by atoms with Crippen LogP contribution in [0, 0.1) is 0 Å². The summed E-state index contributed by atoms with van der Waals surface area (Å²) in [6.45, 7) is 3.95. The fraction of sp³-hybridized carbons (Fsp3) is 0.857. The molecule has 0 fully saturated rings. The molecule has 0 bridgehead atoms. The maximum Gasteiger partial charge on any atom is 0.308 e. The summed E-state index contributed by atoms with van der Waals surface area (Å²) >= 11 is 0. The Morgan fingerprint density at radius 1 is 1.60 bits per heavy atom. The van der Waals surface area contributed by atoms with Crippen molar-refractivity contribution in [3.05, 3.63) is 0 Å². The van der Waals surface area contributed by atoms with Gasteiger partial charge in [-0.25, -0.2) is 0 Å². The minimum atomic E-state index is -0.543. The van der Waals surface area contributed by atoms with Crippen LogP contribution in [0.25, 0.3) is 0 Å². The molecule has 0 saturated heterocycles. The molecule has 0 spiro atoms. The fourth-order valence-electron chi connectivity index (χ4n) is 0.557. The lowest BCUT2D eigenvalue weighted by Gasteiger charge is -2.05. The summed E-state index contributed by atoms with van der Waals surface area (Å²) in [6, 6.07) is 0. The Morgan fingerprint density at radius 3 is 2.60 bits per heavy atom. The first kappa shape index (κ1) is 9.43. The smallest absolute Gasteiger partial charge is 0.308 e. The minimum absolute atomic E-state index is 0.115. The molecule has 60 valence electrons. The van der Waals surface area contributed by atoms with E-state index < -0.39 is 6.10 Å². The van der Waals surface area contributed by atoms with Gasteiger partial charge in [-0.2, -0.15) is 0 Å². The van der Waals surface area contributed by atoms with E-state index in [9.17, 15) is 4.79 Å². The summed E-state index contributed by atoms with van der Waals surface area (Å²) in [7, 11) is 0. The van der Waals surface area contributed by atoms with Gasteiger partial charge in [-0.05, 0) is 13.3 Å². The molecule has 1 atom stereocenters. The zero-order chi connectivity index (χ0) is 7.98. The van der Waals surface area contributed by atoms with Crippen molar-refractivity contribution in [3.63, 3.8) is 0 Å². The molecule has 0 aromatic rings. The number of aliphatic hydroxyl groups excluding tert-OH is 1. The number of esters is 1. The van der Waals surface area contributed by atoms with Gasteiger partial charge in [0.15, 0.2) is 0 Å². The Morgan fingerprint density at radius 2 is 2.20 bits per heavy atom. The molecule has 1 N–H and O–H groups in total. The van der Waals surface area contributed by atoms with Crippen molar-refractivity contribution in [1.82, 2.24) is 0 Å². The van der Waals surface area contributed by atoms with E-state index in [1.807, 2.05) is 6.92 Å². The van der Waals surface area contributed by atoms with Crippen LogP contribution in [-0.4, -0.2) is 23.8 Å². The molecular formula is C7H14O3. The molecule has 0 aliphatic heterocycles. The molecule has 0 radical (unpaired) electrons. The number of carbonyl (C=O) groups excluding carboxylic acids is 1. The lowest BCUT2D eigenvalue weighted by Crippen LogP contribution is -2.14. The maximum atomic E-state index is 10.6. The average molecular weight is 146 g/mol. The van der Waals surface area contributed by atoms with E-state index in [1.165, 1.54) is 0 Å². The lowest BCUT2D eigenvalue weighted by atomic mass is 10.2. The largest absolute Gasteiger partial charge is 0.466 e. The summed E-state index contributed by atoms with van der Waals surface area (Å²) in [5, 5.41) is 8.95. The first-order valence-electron chi connectivity index (χ1n) is 3.54. The number of rotatable bonds is 4. The highest BCUT2D eigenvalue weighted by Gasteiger charge is 2.08. The molecule has 0 aliphatic rings. The van der Waals surface area contributed by atoms with Crippen LogP contribution in [0.4, 0.5) is 0 Å². The first-order chi connectivity index (χ1) is 4.70. The van der Waals surface area contributed by atoms with Gasteiger partial charge in [-0.3, -0.25) is 4.79 Å². The molecule has 0 aliphatic carbocycles. The summed E-state index contributed by atoms with van der Waals surface area (Å²) in [6.07, 6.45) is 0.169. The van der Waals surface area contributed by atoms with Crippen molar-refractivity contribution in [2.45, 2.75) is 32.8 Å². The van der Waals surface area contributed by atoms with Crippen LogP contribution < -0.4 is 0 Å². The second-order valence-corrected chi connectivity index (χ2v) is 2.07. The summed E-state index contributed by atoms with van der Waals surface area (Å²) in [5.74, 6) is -0.322. The normalized spacial score (nSPS) is 12.7. The standard InChI is InChI=1S/C7H14O3/c1-3-6(8)5-7(9)10-4-2/h6,8H,3-5H2,1-2H3/t6-/m0/s1. The van der Waals surface area contributed by atoms with Crippen LogP contribution in [0.15, 0.2) is 0 Å². The van der Waals surface area contributed by atoms with Crippen molar-refractivity contribution in [2.75, 3.05) is 6.61 Å². The third kappa shape index (κ3) is 4.32. The maximum absolute atomic E-state index is 10.6. The Bertz CT molecular complexity index is 101. The van der Waals surface area contributed by atoms with Crippen molar-refractivity contribution in [3.8, 4) is 0 Å². The fourth-order valence-corrected chi connectivity index (χ4v) is 0.557. The topological polar surface area (TPSA) is 46.5 Å². The zero-order valence-electron chi connectivity index (χ0n) is 6.46. The van der Waals surface area contributed by atoms with Crippen LogP contribution in [-0.2, 0) is 9.53 Å². The van der Waals surface area contributed by atoms with E-state index in [0.717, 1.165) is 0 Å². The average Bonchev–Trinajstić information content (AvgIpc) is 1.88. The molecule has 3 heteroatoms. The van der Waals surface area contributed by atoms with Crippen LogP contribution in [0.1, 0.15) is 26.7 Å². The highest BCUT2D eigenvalue weighted by atomic mass is 16.5. The molecule has 3 nitrogen and oxygen atoms in total. The van der Waals surface area contributed by atoms with Crippen molar-refractivity contribution in [1.29, 1.82) is 0 Å². The van der Waals surface area contributed by atoms with Gasteiger partial charge in [0, 0.05) is 0 Å². The van der Waals surface area contributed by atoms with Gasteiger partial charge in [0.05, 0.1) is 19.1 Å². The number of hydrogen-bond donors (Lipinski definition) is 1. The van der Waals surface area contributed by atoms with Gasteiger partial charge in [-0.1, -0.05) is 6.92 Å². The number of ether oxygens (including phenoxy) is 1. The van der Waals surface area contributed by atoms with Gasteiger partial charge in [0.25, 0.3) is 0 Å². The SMILES string of the molecule is CCOC(=O)C[C@@H](O)CC. The second kappa shape index (κ2) is 5.23. The molecule has 0 aromatic heterocycles. The van der Waals surface area contributed by atoms with Crippen molar-refractivity contribution < 1.29 is 14.6 Å². The summed E-state index contributed by atoms with van der Waals surface area (Å²) < 4.78 is 4.62. The monoisotopic (exact) mass is 146 g/mol. The summed E-state index contributed by atoms with van der Waals surface area (Å²) in [5.41, 5.74) is 0. The first-order valence-corrected chi connectivity index (χ1v) is 3.54. The van der Waals surface area contributed by atoms with Gasteiger partial charge < -0.3 is 9.84 Å². The Kier molecular flexibility index (Phi) is 4.94. The van der Waals surface area contributed by atoms with E-state index in [4.69, 9.17) is 5.11 Å². The van der Waals surface area contributed by atoms with Gasteiger partial charge in [0.1, 0.15) is 0 Å². The minimum Gasteiger partial charge on any atom is -0.466 e. The van der Waals surface area contributed by atoms with Gasteiger partial charge >= 0.3 is 5.97 Å². The number of aliphatic hydroxyl groups is 1. The Balaban J connectivity index is 3.37. The summed E-state index contributed by atoms with van der Waals surface area (Å²) in [4.78, 5) is 10.6. The molecule has 0 saturated carbocycles. The highest BCUT2D eigenvalue weighted by Crippen LogP contribution is 1.97. The number of carbonyl (C=O) groups is 1. The highest BCUT2D eigenvalue weighted by molar-refractivity contribution is 5.69. The van der Waals surface area contributed by atoms with E-state index >= 15 is 0 Å². The zero-order valence-corrected chi connectivity index (χ0v) is 6.46. The molecule has 10 heavy (non-hydrogen) atoms. The lowest BCUT2D eigenvalue weighted by molar-refractivity contribution is -0.145. The number of hydrogen-bond acceptors (Lipinski definition) is 3. The van der Waals surface area contributed by atoms with Crippen molar-refractivity contribution >= 4 is 5.97 Å². The van der Waals surface area contributed by atoms with Crippen LogP contribution in [0.3, 0.4) is 0 Å². The van der Waals surface area contributed by atoms with Gasteiger partial charge in [0.2, 0.25) is 0 Å². The predicted octanol–water partition coefficient (Wildman–Crippen LogP) is 0.711. The van der Waals surface area contributed by atoms with E-state index in [0.29, 0.717) is 13.0 Å². The predicted molar refractivity (Wildman–Crippen MR) is 37.5 cm³/mol. The molecule has 0 heterocycles. The van der Waals surface area contributed by atoms with Crippen LogP contribution >= 0.6 is 0 Å². The van der Waals surface area contributed by atoms with E-state index in [-0.39, 0.29) is 12.4 Å². The van der Waals surface area contributed by atoms with Gasteiger partial charge in [-0.15, -0.1) is 0 Å². The quantitative estimate of drug-likeness (QED) is 0.594. The van der Waals surface area contributed by atoms with Crippen molar-refractivity contribution in [2.24, 2.45) is 0 Å². The molecule has 0 amide bonds. The molecule has 0 unspecified atom stereocenters. The second-order valence-electron chi connectivity index (χ2n) is 2.07.